The number of Topliss-reactive ketones (excluding diaryl/α,β-unsaturated/α-hetero) is 1. The molecule has 0 aliphatic rings. The number of hydrogen-bond acceptors (Lipinski definition) is 5. The molecule has 2 rings (SSSR count). The smallest absolute Gasteiger partial charge is 0.341 e. The third-order valence-corrected chi connectivity index (χ3v) is 4.06. The second-order valence-corrected chi connectivity index (χ2v) is 6.36. The predicted octanol–water partition coefficient (Wildman–Crippen LogP) is 3.96. The molecule has 136 valence electrons. The minimum absolute atomic E-state index is 0.0204. The monoisotopic (exact) mass is 394 g/mol. The van der Waals surface area contributed by atoms with Gasteiger partial charge in [0, 0.05) is 16.3 Å². The lowest BCUT2D eigenvalue weighted by atomic mass is 10.1. The van der Waals surface area contributed by atoms with E-state index in [1.165, 1.54) is 26.0 Å². The van der Waals surface area contributed by atoms with E-state index in [1.807, 2.05) is 0 Å². The minimum Gasteiger partial charge on any atom is -0.449 e. The largest absolute Gasteiger partial charge is 0.449 e. The van der Waals surface area contributed by atoms with Crippen LogP contribution in [0.4, 0.5) is 11.4 Å². The van der Waals surface area contributed by atoms with E-state index >= 15 is 0 Å². The zero-order valence-corrected chi connectivity index (χ0v) is 15.5. The summed E-state index contributed by atoms with van der Waals surface area (Å²) in [6.45, 7) is 2.86. The van der Waals surface area contributed by atoms with E-state index < -0.39 is 18.0 Å². The maximum atomic E-state index is 12.2. The van der Waals surface area contributed by atoms with Crippen LogP contribution in [0.1, 0.15) is 34.6 Å². The van der Waals surface area contributed by atoms with E-state index in [4.69, 9.17) is 33.7 Å². The number of benzene rings is 2. The van der Waals surface area contributed by atoms with Gasteiger partial charge in [0.25, 0.3) is 5.91 Å². The molecule has 0 bridgehead atoms. The van der Waals surface area contributed by atoms with Crippen molar-refractivity contribution in [2.24, 2.45) is 0 Å². The highest BCUT2D eigenvalue weighted by Crippen LogP contribution is 2.28. The molecule has 26 heavy (non-hydrogen) atoms. The van der Waals surface area contributed by atoms with Gasteiger partial charge in [-0.25, -0.2) is 4.79 Å². The van der Waals surface area contributed by atoms with Crippen LogP contribution in [-0.2, 0) is 9.53 Å². The van der Waals surface area contributed by atoms with Crippen molar-refractivity contribution < 1.29 is 19.1 Å². The molecule has 1 atom stereocenters. The Hall–Kier alpha value is -2.57. The molecule has 3 N–H and O–H groups in total. The summed E-state index contributed by atoms with van der Waals surface area (Å²) in [7, 11) is 0. The van der Waals surface area contributed by atoms with Crippen molar-refractivity contribution in [1.29, 1.82) is 0 Å². The second-order valence-electron chi connectivity index (χ2n) is 5.52. The van der Waals surface area contributed by atoms with Crippen LogP contribution in [0, 0.1) is 0 Å². The number of carbonyl (C=O) groups excluding carboxylic acids is 3. The highest BCUT2D eigenvalue weighted by molar-refractivity contribution is 6.37. The van der Waals surface area contributed by atoms with Gasteiger partial charge >= 0.3 is 5.97 Å². The van der Waals surface area contributed by atoms with E-state index in [0.717, 1.165) is 0 Å². The van der Waals surface area contributed by atoms with Crippen LogP contribution < -0.4 is 11.1 Å². The molecule has 8 heteroatoms. The Labute approximate surface area is 160 Å². The molecule has 2 aromatic rings. The van der Waals surface area contributed by atoms with Gasteiger partial charge in [-0.3, -0.25) is 9.59 Å². The molecule has 6 nitrogen and oxygen atoms in total. The maximum Gasteiger partial charge on any atom is 0.341 e. The number of esters is 1. The molecule has 1 amide bonds. The Balaban J connectivity index is 2.04. The lowest BCUT2D eigenvalue weighted by Gasteiger charge is -2.15. The fraction of sp³-hybridized carbons (Fsp3) is 0.167. The van der Waals surface area contributed by atoms with Gasteiger partial charge in [0.15, 0.2) is 11.9 Å². The van der Waals surface area contributed by atoms with Crippen molar-refractivity contribution in [2.45, 2.75) is 20.0 Å². The Morgan fingerprint density at radius 1 is 1.12 bits per heavy atom. The van der Waals surface area contributed by atoms with Gasteiger partial charge in [-0.05, 0) is 50.2 Å². The van der Waals surface area contributed by atoms with E-state index in [0.29, 0.717) is 11.3 Å². The fourth-order valence-electron chi connectivity index (χ4n) is 2.06. The number of ketones is 1. The molecule has 0 aromatic heterocycles. The highest BCUT2D eigenvalue weighted by Gasteiger charge is 2.22. The van der Waals surface area contributed by atoms with Crippen LogP contribution in [0.15, 0.2) is 36.4 Å². The SMILES string of the molecule is CC(=O)c1ccc(NC(=O)C(C)OC(=O)c2cc(Cl)cc(Cl)c2N)cc1. The summed E-state index contributed by atoms with van der Waals surface area (Å²) < 4.78 is 5.12. The van der Waals surface area contributed by atoms with Gasteiger partial charge in [0.1, 0.15) is 0 Å². The molecule has 0 heterocycles. The molecule has 1 unspecified atom stereocenters. The van der Waals surface area contributed by atoms with Gasteiger partial charge in [-0.15, -0.1) is 0 Å². The topological polar surface area (TPSA) is 98.5 Å². The van der Waals surface area contributed by atoms with E-state index in [2.05, 4.69) is 5.32 Å². The minimum atomic E-state index is -1.09. The summed E-state index contributed by atoms with van der Waals surface area (Å²) in [6, 6.07) is 9.05. The van der Waals surface area contributed by atoms with Crippen molar-refractivity contribution in [3.8, 4) is 0 Å². The van der Waals surface area contributed by atoms with Gasteiger partial charge in [0.2, 0.25) is 0 Å². The Morgan fingerprint density at radius 2 is 1.73 bits per heavy atom. The lowest BCUT2D eigenvalue weighted by Crippen LogP contribution is -2.30. The molecule has 0 saturated carbocycles. The summed E-state index contributed by atoms with van der Waals surface area (Å²) in [5.41, 5.74) is 6.74. The van der Waals surface area contributed by atoms with Crippen LogP contribution in [-0.4, -0.2) is 23.8 Å². The summed E-state index contributed by atoms with van der Waals surface area (Å²) in [4.78, 5) is 35.6. The van der Waals surface area contributed by atoms with Gasteiger partial charge < -0.3 is 15.8 Å². The maximum absolute atomic E-state index is 12.2. The number of halogens is 2. The number of anilines is 2. The Bertz CT molecular complexity index is 866. The standard InChI is InChI=1S/C18H16Cl2N2O4/c1-9(23)11-3-5-13(6-4-11)22-17(24)10(2)26-18(25)14-7-12(19)8-15(20)16(14)21/h3-8,10H,21H2,1-2H3,(H,22,24). The molecular weight excluding hydrogens is 379 g/mol. The average Bonchev–Trinajstić information content (AvgIpc) is 2.58. The average molecular weight is 395 g/mol. The van der Waals surface area contributed by atoms with Crippen LogP contribution in [0.3, 0.4) is 0 Å². The molecular formula is C18H16Cl2N2O4. The first kappa shape index (κ1) is 19.8. The number of nitrogens with one attached hydrogen (secondary N) is 1. The van der Waals surface area contributed by atoms with Crippen LogP contribution >= 0.6 is 23.2 Å². The summed E-state index contributed by atoms with van der Waals surface area (Å²) >= 11 is 11.7. The lowest BCUT2D eigenvalue weighted by molar-refractivity contribution is -0.123. The first-order chi connectivity index (χ1) is 12.2. The third kappa shape index (κ3) is 4.74. The van der Waals surface area contributed by atoms with Crippen molar-refractivity contribution in [1.82, 2.24) is 0 Å². The van der Waals surface area contributed by atoms with Crippen LogP contribution in [0.2, 0.25) is 10.0 Å². The third-order valence-electron chi connectivity index (χ3n) is 3.53. The number of nitrogens with two attached hydrogens (primary N) is 1. The molecule has 0 radical (unpaired) electrons. The summed E-state index contributed by atoms with van der Waals surface area (Å²) in [5.74, 6) is -1.44. The van der Waals surface area contributed by atoms with E-state index in [9.17, 15) is 14.4 Å². The van der Waals surface area contributed by atoms with E-state index in [1.54, 1.807) is 24.3 Å². The van der Waals surface area contributed by atoms with Gasteiger partial charge in [-0.2, -0.15) is 0 Å². The zero-order chi connectivity index (χ0) is 19.4. The first-order valence-corrected chi connectivity index (χ1v) is 8.32. The second kappa shape index (κ2) is 8.21. The number of hydrogen-bond donors (Lipinski definition) is 2. The van der Waals surface area contributed by atoms with Crippen molar-refractivity contribution in [3.63, 3.8) is 0 Å². The quantitative estimate of drug-likeness (QED) is 0.454. The molecule has 0 aliphatic heterocycles. The highest BCUT2D eigenvalue weighted by atomic mass is 35.5. The van der Waals surface area contributed by atoms with Gasteiger partial charge in [0.05, 0.1) is 16.3 Å². The summed E-state index contributed by atoms with van der Waals surface area (Å²) in [5, 5.41) is 2.93. The number of nitrogen functional groups attached to an aromatic ring is 1. The zero-order valence-electron chi connectivity index (χ0n) is 14.0. The van der Waals surface area contributed by atoms with Gasteiger partial charge in [-0.1, -0.05) is 23.2 Å². The Morgan fingerprint density at radius 3 is 2.31 bits per heavy atom. The molecule has 0 saturated heterocycles. The number of ether oxygens (including phenoxy) is 1. The number of amides is 1. The predicted molar refractivity (Wildman–Crippen MR) is 101 cm³/mol. The van der Waals surface area contributed by atoms with E-state index in [-0.39, 0.29) is 27.1 Å². The molecule has 2 aromatic carbocycles. The van der Waals surface area contributed by atoms with Crippen LogP contribution in [0.5, 0.6) is 0 Å². The number of rotatable bonds is 5. The normalized spacial score (nSPS) is 11.5. The van der Waals surface area contributed by atoms with Crippen molar-refractivity contribution >= 4 is 52.2 Å². The number of carbonyl (C=O) groups is 3. The van der Waals surface area contributed by atoms with Crippen molar-refractivity contribution in [2.75, 3.05) is 11.1 Å². The first-order valence-electron chi connectivity index (χ1n) is 7.56. The molecule has 0 aliphatic carbocycles. The molecule has 0 fully saturated rings. The Kier molecular flexibility index (Phi) is 6.23. The molecule has 0 spiro atoms. The van der Waals surface area contributed by atoms with Crippen LogP contribution in [0.25, 0.3) is 0 Å². The summed E-state index contributed by atoms with van der Waals surface area (Å²) in [6.07, 6.45) is -1.09. The van der Waals surface area contributed by atoms with Crippen molar-refractivity contribution in [3.05, 3.63) is 57.6 Å². The fourth-order valence-corrected chi connectivity index (χ4v) is 2.56.